The van der Waals surface area contributed by atoms with Crippen molar-refractivity contribution in [3.8, 4) is 0 Å². The van der Waals surface area contributed by atoms with Gasteiger partial charge in [-0.25, -0.2) is 0 Å². The molecule has 1 rings (SSSR count). The van der Waals surface area contributed by atoms with Crippen LogP contribution in [0.3, 0.4) is 0 Å². The van der Waals surface area contributed by atoms with Crippen molar-refractivity contribution in [2.45, 2.75) is 52.1 Å². The van der Waals surface area contributed by atoms with Crippen LogP contribution in [0.15, 0.2) is 0 Å². The lowest BCUT2D eigenvalue weighted by atomic mass is 9.79. The van der Waals surface area contributed by atoms with Crippen molar-refractivity contribution in [3.05, 3.63) is 0 Å². The highest BCUT2D eigenvalue weighted by Crippen LogP contribution is 2.31. The fraction of sp³-hybridized carbons (Fsp3) is 0.917. The summed E-state index contributed by atoms with van der Waals surface area (Å²) in [6.07, 6.45) is 3.56. The molecule has 0 aromatic rings. The van der Waals surface area contributed by atoms with Crippen molar-refractivity contribution in [2.24, 2.45) is 11.8 Å². The molecular weight excluding hydrogens is 190 g/mol. The van der Waals surface area contributed by atoms with Crippen LogP contribution in [-0.2, 0) is 4.79 Å². The third-order valence-corrected chi connectivity index (χ3v) is 3.70. The minimum atomic E-state index is -0.719. The van der Waals surface area contributed by atoms with Crippen LogP contribution < -0.4 is 0 Å². The van der Waals surface area contributed by atoms with Gasteiger partial charge in [0.15, 0.2) is 0 Å². The maximum atomic E-state index is 10.9. The minimum Gasteiger partial charge on any atom is -0.480 e. The summed E-state index contributed by atoms with van der Waals surface area (Å²) in [5.41, 5.74) is 0. The molecule has 0 aromatic heterocycles. The summed E-state index contributed by atoms with van der Waals surface area (Å²) in [6.45, 7) is 6.30. The van der Waals surface area contributed by atoms with Gasteiger partial charge in [0.25, 0.3) is 0 Å². The number of carboxylic acid groups (broad SMARTS) is 1. The highest BCUT2D eigenvalue weighted by molar-refractivity contribution is 5.72. The molecule has 0 aromatic carbocycles. The number of likely N-dealkylation sites (N-methyl/N-ethyl adjacent to an activating group) is 1. The molecule has 0 radical (unpaired) electrons. The minimum absolute atomic E-state index is 0.368. The molecule has 88 valence electrons. The third-order valence-electron chi connectivity index (χ3n) is 3.70. The van der Waals surface area contributed by atoms with Crippen molar-refractivity contribution < 1.29 is 9.90 Å². The van der Waals surface area contributed by atoms with Crippen molar-refractivity contribution in [3.63, 3.8) is 0 Å². The van der Waals surface area contributed by atoms with E-state index in [9.17, 15) is 4.79 Å². The Morgan fingerprint density at radius 1 is 1.27 bits per heavy atom. The number of aliphatic carboxylic acids is 1. The Kier molecular flexibility index (Phi) is 4.14. The lowest BCUT2D eigenvalue weighted by Gasteiger charge is -2.38. The molecule has 1 N–H and O–H groups in total. The molecule has 0 amide bonds. The molecule has 1 aliphatic rings. The Bertz CT molecular complexity index is 220. The van der Waals surface area contributed by atoms with Crippen molar-refractivity contribution in [2.75, 3.05) is 7.05 Å². The monoisotopic (exact) mass is 213 g/mol. The van der Waals surface area contributed by atoms with Gasteiger partial charge < -0.3 is 5.11 Å². The average molecular weight is 213 g/mol. The van der Waals surface area contributed by atoms with Crippen LogP contribution in [0.2, 0.25) is 0 Å². The smallest absolute Gasteiger partial charge is 0.320 e. The Morgan fingerprint density at radius 3 is 2.13 bits per heavy atom. The van der Waals surface area contributed by atoms with Crippen LogP contribution in [0.4, 0.5) is 0 Å². The Balaban J connectivity index is 2.58. The Hall–Kier alpha value is -0.570. The van der Waals surface area contributed by atoms with Crippen molar-refractivity contribution in [1.29, 1.82) is 0 Å². The molecule has 0 heterocycles. The van der Waals surface area contributed by atoms with E-state index in [4.69, 9.17) is 5.11 Å². The van der Waals surface area contributed by atoms with Crippen LogP contribution in [0, 0.1) is 11.8 Å². The largest absolute Gasteiger partial charge is 0.480 e. The number of nitrogens with zero attached hydrogens (tertiary/aromatic N) is 1. The lowest BCUT2D eigenvalue weighted by Crippen LogP contribution is -2.46. The number of hydrogen-bond acceptors (Lipinski definition) is 2. The van der Waals surface area contributed by atoms with Gasteiger partial charge in [-0.3, -0.25) is 9.69 Å². The molecule has 0 bridgehead atoms. The summed E-state index contributed by atoms with van der Waals surface area (Å²) < 4.78 is 0. The van der Waals surface area contributed by atoms with Gasteiger partial charge in [0.1, 0.15) is 6.04 Å². The molecule has 1 aliphatic carbocycles. The summed E-state index contributed by atoms with van der Waals surface area (Å²) in [6, 6.07) is 0.0716. The average Bonchev–Trinajstić information content (AvgIpc) is 2.13. The van der Waals surface area contributed by atoms with Gasteiger partial charge in [-0.15, -0.1) is 0 Å². The molecule has 3 unspecified atom stereocenters. The zero-order valence-electron chi connectivity index (χ0n) is 10.2. The number of carbonyl (C=O) groups is 1. The highest BCUT2D eigenvalue weighted by Gasteiger charge is 2.30. The normalized spacial score (nSPS) is 34.1. The molecular formula is C12H23NO2. The van der Waals surface area contributed by atoms with Gasteiger partial charge in [0.05, 0.1) is 0 Å². The van der Waals surface area contributed by atoms with Crippen molar-refractivity contribution >= 4 is 5.97 Å². The molecule has 1 fully saturated rings. The van der Waals surface area contributed by atoms with Crippen LogP contribution >= 0.6 is 0 Å². The molecule has 1 saturated carbocycles. The zero-order chi connectivity index (χ0) is 11.6. The topological polar surface area (TPSA) is 40.5 Å². The lowest BCUT2D eigenvalue weighted by molar-refractivity contribution is -0.143. The first-order valence-electron chi connectivity index (χ1n) is 5.86. The van der Waals surface area contributed by atoms with E-state index in [2.05, 4.69) is 13.8 Å². The van der Waals surface area contributed by atoms with E-state index in [0.29, 0.717) is 6.04 Å². The number of hydrogen-bond donors (Lipinski definition) is 1. The second kappa shape index (κ2) is 4.97. The van der Waals surface area contributed by atoms with Crippen LogP contribution in [0.1, 0.15) is 40.0 Å². The summed E-state index contributed by atoms with van der Waals surface area (Å²) in [5.74, 6) is 0.729. The summed E-state index contributed by atoms with van der Waals surface area (Å²) >= 11 is 0. The second-order valence-corrected chi connectivity index (χ2v) is 5.25. The van der Waals surface area contributed by atoms with E-state index in [1.54, 1.807) is 6.92 Å². The molecule has 15 heavy (non-hydrogen) atoms. The van der Waals surface area contributed by atoms with Gasteiger partial charge in [-0.2, -0.15) is 0 Å². The summed E-state index contributed by atoms with van der Waals surface area (Å²) in [5, 5.41) is 8.97. The van der Waals surface area contributed by atoms with Gasteiger partial charge in [0, 0.05) is 6.04 Å². The van der Waals surface area contributed by atoms with Crippen LogP contribution in [0.5, 0.6) is 0 Å². The number of carboxylic acids is 1. The SMILES string of the molecule is CC1CC(C)CC(N(C)C(C)C(=O)O)C1. The fourth-order valence-corrected chi connectivity index (χ4v) is 2.73. The molecule has 3 nitrogen and oxygen atoms in total. The van der Waals surface area contributed by atoms with Crippen LogP contribution in [-0.4, -0.2) is 35.1 Å². The zero-order valence-corrected chi connectivity index (χ0v) is 10.2. The molecule has 0 aliphatic heterocycles. The molecule has 3 atom stereocenters. The van der Waals surface area contributed by atoms with E-state index in [-0.39, 0.29) is 6.04 Å². The molecule has 0 spiro atoms. The van der Waals surface area contributed by atoms with Gasteiger partial charge >= 0.3 is 5.97 Å². The summed E-state index contributed by atoms with van der Waals surface area (Å²) in [4.78, 5) is 12.9. The second-order valence-electron chi connectivity index (χ2n) is 5.25. The van der Waals surface area contributed by atoms with E-state index in [1.165, 1.54) is 6.42 Å². The third kappa shape index (κ3) is 3.20. The van der Waals surface area contributed by atoms with Crippen LogP contribution in [0.25, 0.3) is 0 Å². The Labute approximate surface area is 92.5 Å². The predicted octanol–water partition coefficient (Wildman–Crippen LogP) is 2.22. The number of rotatable bonds is 3. The standard InChI is InChI=1S/C12H23NO2/c1-8-5-9(2)7-11(6-8)13(4)10(3)12(14)15/h8-11H,5-7H2,1-4H3,(H,14,15). The van der Waals surface area contributed by atoms with Gasteiger partial charge in [-0.05, 0) is 45.1 Å². The van der Waals surface area contributed by atoms with Crippen molar-refractivity contribution in [1.82, 2.24) is 4.90 Å². The Morgan fingerprint density at radius 2 is 1.73 bits per heavy atom. The first-order valence-corrected chi connectivity index (χ1v) is 5.86. The van der Waals surface area contributed by atoms with Gasteiger partial charge in [0.2, 0.25) is 0 Å². The summed E-state index contributed by atoms with van der Waals surface area (Å²) in [7, 11) is 1.94. The fourth-order valence-electron chi connectivity index (χ4n) is 2.73. The van der Waals surface area contributed by atoms with E-state index in [0.717, 1.165) is 24.7 Å². The highest BCUT2D eigenvalue weighted by atomic mass is 16.4. The first kappa shape index (κ1) is 12.5. The maximum Gasteiger partial charge on any atom is 0.320 e. The molecule has 3 heteroatoms. The van der Waals surface area contributed by atoms with E-state index >= 15 is 0 Å². The predicted molar refractivity (Wildman–Crippen MR) is 60.8 cm³/mol. The quantitative estimate of drug-likeness (QED) is 0.781. The van der Waals surface area contributed by atoms with Gasteiger partial charge in [-0.1, -0.05) is 13.8 Å². The maximum absolute atomic E-state index is 10.9. The van der Waals surface area contributed by atoms with E-state index in [1.807, 2.05) is 11.9 Å². The first-order chi connectivity index (χ1) is 6.91. The molecule has 0 saturated heterocycles. The van der Waals surface area contributed by atoms with E-state index < -0.39 is 5.97 Å².